The predicted octanol–water partition coefficient (Wildman–Crippen LogP) is 1.11. The molecule has 0 aromatic heterocycles. The minimum Gasteiger partial charge on any atom is -0.396 e. The fourth-order valence-electron chi connectivity index (χ4n) is 9.00. The van der Waals surface area contributed by atoms with Crippen molar-refractivity contribution in [3.8, 4) is 0 Å². The number of aliphatic hydroxyl groups is 2. The highest BCUT2D eigenvalue weighted by Crippen LogP contribution is 2.55. The van der Waals surface area contributed by atoms with E-state index in [-0.39, 0.29) is 72.6 Å². The Hall–Kier alpha value is -1.93. The first-order chi connectivity index (χ1) is 17.9. The Kier molecular flexibility index (Phi) is 7.70. The van der Waals surface area contributed by atoms with Crippen LogP contribution in [0.5, 0.6) is 0 Å². The van der Waals surface area contributed by atoms with Crippen molar-refractivity contribution in [3.05, 3.63) is 12.2 Å². The molecule has 6 aliphatic carbocycles. The lowest BCUT2D eigenvalue weighted by atomic mass is 9.80. The number of fused-ring (bicyclic) bond motifs is 12. The van der Waals surface area contributed by atoms with Gasteiger partial charge in [0, 0.05) is 28.7 Å². The smallest absolute Gasteiger partial charge is 0.318 e. The van der Waals surface area contributed by atoms with E-state index in [2.05, 4.69) is 24.9 Å². The summed E-state index contributed by atoms with van der Waals surface area (Å²) in [5, 5.41) is 18.2. The quantitative estimate of drug-likeness (QED) is 0.246. The van der Waals surface area contributed by atoms with Crippen LogP contribution in [-0.2, 0) is 28.7 Å². The normalized spacial score (nSPS) is 46.3. The molecular formula is C27H34B2O8. The van der Waals surface area contributed by atoms with E-state index < -0.39 is 0 Å². The van der Waals surface area contributed by atoms with Gasteiger partial charge in [0.2, 0.25) is 0 Å². The van der Waals surface area contributed by atoms with E-state index in [0.717, 1.165) is 37.5 Å². The standard InChI is InChI=1S/C9H10O3.C9H8O3.C9H16O2.B2/c2*10-8-6-4-1-2-5(3-4)7(6)9(11)12-8;10-4-8-6-1-2-7(3-6)9(8)5-11;1-2/h4-7H,1-3H2;1-2,4-7H,3H2;6-11H,1-5H2;/t2*4-,5+,6-,7+;6-,7+,8-,9+;. The first kappa shape index (κ1) is 26.7. The van der Waals surface area contributed by atoms with Crippen molar-refractivity contribution >= 4 is 39.4 Å². The third-order valence-electron chi connectivity index (χ3n) is 10.6. The van der Waals surface area contributed by atoms with Crippen LogP contribution in [0.1, 0.15) is 44.9 Å². The number of carbonyl (C=O) groups is 4. The van der Waals surface area contributed by atoms with Crippen LogP contribution in [0.25, 0.3) is 0 Å². The summed E-state index contributed by atoms with van der Waals surface area (Å²) >= 11 is 0. The molecule has 0 spiro atoms. The Bertz CT molecular complexity index is 898. The summed E-state index contributed by atoms with van der Waals surface area (Å²) in [6, 6.07) is 0. The maximum absolute atomic E-state index is 11.2. The highest BCUT2D eigenvalue weighted by atomic mass is 16.6. The molecule has 2 aliphatic heterocycles. The van der Waals surface area contributed by atoms with E-state index in [9.17, 15) is 19.2 Å². The van der Waals surface area contributed by atoms with Crippen LogP contribution in [0.3, 0.4) is 0 Å². The fraction of sp³-hybridized carbons (Fsp3) is 0.778. The Labute approximate surface area is 219 Å². The Morgan fingerprint density at radius 3 is 1.35 bits per heavy atom. The highest BCUT2D eigenvalue weighted by Gasteiger charge is 2.60. The average molecular weight is 508 g/mol. The van der Waals surface area contributed by atoms with E-state index in [0.29, 0.717) is 23.7 Å². The topological polar surface area (TPSA) is 127 Å². The summed E-state index contributed by atoms with van der Waals surface area (Å²) in [4.78, 5) is 44.8. The highest BCUT2D eigenvalue weighted by molar-refractivity contribution is 6.75. The zero-order valence-electron chi connectivity index (χ0n) is 20.9. The van der Waals surface area contributed by atoms with Crippen molar-refractivity contribution in [3.63, 3.8) is 0 Å². The molecule has 0 aromatic rings. The number of hydrogen-bond donors (Lipinski definition) is 2. The summed E-state index contributed by atoms with van der Waals surface area (Å²) in [5.74, 6) is 2.23. The van der Waals surface area contributed by atoms with E-state index in [1.165, 1.54) is 19.3 Å². The van der Waals surface area contributed by atoms with Crippen LogP contribution in [0.4, 0.5) is 0 Å². The summed E-state index contributed by atoms with van der Waals surface area (Å²) in [6.45, 7) is 0.568. The molecule has 6 bridgehead atoms. The van der Waals surface area contributed by atoms with Crippen molar-refractivity contribution in [2.24, 2.45) is 71.0 Å². The van der Waals surface area contributed by atoms with Crippen LogP contribution in [0.15, 0.2) is 12.2 Å². The molecule has 196 valence electrons. The summed E-state index contributed by atoms with van der Waals surface area (Å²) < 4.78 is 9.22. The second-order valence-corrected chi connectivity index (χ2v) is 11.9. The second kappa shape index (κ2) is 10.7. The molecule has 0 unspecified atom stereocenters. The molecule has 8 rings (SSSR count). The van der Waals surface area contributed by atoms with E-state index in [4.69, 9.17) is 10.2 Å². The van der Waals surface area contributed by atoms with Crippen LogP contribution >= 0.6 is 0 Å². The van der Waals surface area contributed by atoms with Crippen LogP contribution in [0, 0.1) is 71.0 Å². The molecule has 0 aromatic carbocycles. The molecule has 4 radical (unpaired) electrons. The molecule has 5 saturated carbocycles. The SMILES string of the molecule is O=C1OC(=O)[C@H]2[C@@H]1[C@H]1C=C[C@@H]2C1.O=C1OC(=O)[C@H]2[C@H]3CC[C@H](C3)[C@@H]12.OC[C@@H]1[C@@H]2CC[C@@H](C2)[C@@H]1CO.[B][B]. The molecule has 2 heterocycles. The minimum atomic E-state index is -0.304. The lowest BCUT2D eigenvalue weighted by molar-refractivity contribution is -0.156. The number of carbonyl (C=O) groups excluding carboxylic acids is 4. The molecule has 8 aliphatic rings. The zero-order chi connectivity index (χ0) is 26.4. The minimum absolute atomic E-state index is 0.0590. The van der Waals surface area contributed by atoms with Gasteiger partial charge in [0.05, 0.1) is 23.7 Å². The summed E-state index contributed by atoms with van der Waals surface area (Å²) in [7, 11) is 8.00. The molecule has 37 heavy (non-hydrogen) atoms. The van der Waals surface area contributed by atoms with Gasteiger partial charge >= 0.3 is 23.9 Å². The Morgan fingerprint density at radius 1 is 0.595 bits per heavy atom. The van der Waals surface area contributed by atoms with Gasteiger partial charge in [-0.2, -0.15) is 0 Å². The number of aliphatic hydroxyl groups excluding tert-OH is 2. The molecule has 10 heteroatoms. The molecule has 7 fully saturated rings. The third kappa shape index (κ3) is 4.42. The Balaban J connectivity index is 0.000000110. The van der Waals surface area contributed by atoms with Gasteiger partial charge in [0.25, 0.3) is 0 Å². The number of ether oxygens (including phenoxy) is 2. The number of rotatable bonds is 2. The second-order valence-electron chi connectivity index (χ2n) is 11.9. The number of allylic oxidation sites excluding steroid dienone is 2. The van der Waals surface area contributed by atoms with Gasteiger partial charge in [-0.05, 0) is 92.3 Å². The monoisotopic (exact) mass is 508 g/mol. The number of cyclic esters (lactones) is 4. The van der Waals surface area contributed by atoms with Gasteiger partial charge in [-0.25, -0.2) is 0 Å². The lowest BCUT2D eigenvalue weighted by Gasteiger charge is -2.27. The molecule has 8 nitrogen and oxygen atoms in total. The zero-order valence-corrected chi connectivity index (χ0v) is 20.9. The van der Waals surface area contributed by atoms with Crippen molar-refractivity contribution in [2.45, 2.75) is 44.9 Å². The average Bonchev–Trinajstić information content (AvgIpc) is 3.75. The van der Waals surface area contributed by atoms with Gasteiger partial charge in [-0.15, -0.1) is 0 Å². The van der Waals surface area contributed by atoms with Gasteiger partial charge in [0.15, 0.2) is 0 Å². The van der Waals surface area contributed by atoms with Crippen molar-refractivity contribution in [2.75, 3.05) is 13.2 Å². The third-order valence-corrected chi connectivity index (χ3v) is 10.6. The van der Waals surface area contributed by atoms with Crippen molar-refractivity contribution in [1.29, 1.82) is 0 Å². The van der Waals surface area contributed by atoms with Crippen LogP contribution in [-0.4, -0.2) is 62.8 Å². The molecule has 12 atom stereocenters. The number of hydrogen-bond acceptors (Lipinski definition) is 8. The number of esters is 4. The molecule has 0 amide bonds. The summed E-state index contributed by atoms with van der Waals surface area (Å²) in [6.07, 6.45) is 12.2. The van der Waals surface area contributed by atoms with Gasteiger partial charge in [-0.3, -0.25) is 19.2 Å². The molecule has 2 saturated heterocycles. The van der Waals surface area contributed by atoms with Crippen molar-refractivity contribution in [1.82, 2.24) is 0 Å². The Morgan fingerprint density at radius 2 is 0.946 bits per heavy atom. The molecule has 2 N–H and O–H groups in total. The molecular weight excluding hydrogens is 474 g/mol. The maximum atomic E-state index is 11.2. The van der Waals surface area contributed by atoms with E-state index >= 15 is 0 Å². The first-order valence-electron chi connectivity index (χ1n) is 13.7. The lowest BCUT2D eigenvalue weighted by Crippen LogP contribution is -2.27. The fourth-order valence-corrected chi connectivity index (χ4v) is 9.00. The van der Waals surface area contributed by atoms with Crippen LogP contribution in [0.2, 0.25) is 0 Å². The van der Waals surface area contributed by atoms with E-state index in [1.54, 1.807) is 0 Å². The largest absolute Gasteiger partial charge is 0.396 e. The van der Waals surface area contributed by atoms with Crippen molar-refractivity contribution < 1.29 is 38.9 Å². The van der Waals surface area contributed by atoms with Crippen LogP contribution < -0.4 is 0 Å². The maximum Gasteiger partial charge on any atom is 0.318 e. The van der Waals surface area contributed by atoms with Gasteiger partial charge in [-0.1, -0.05) is 12.2 Å². The van der Waals surface area contributed by atoms with Gasteiger partial charge < -0.3 is 19.7 Å². The van der Waals surface area contributed by atoms with E-state index in [1.807, 2.05) is 12.2 Å². The first-order valence-corrected chi connectivity index (χ1v) is 13.7. The van der Waals surface area contributed by atoms with Gasteiger partial charge in [0.1, 0.15) is 0 Å². The summed E-state index contributed by atoms with van der Waals surface area (Å²) in [5.41, 5.74) is 0. The predicted molar refractivity (Wildman–Crippen MR) is 131 cm³/mol.